The van der Waals surface area contributed by atoms with Gasteiger partial charge in [0.1, 0.15) is 4.99 Å². The van der Waals surface area contributed by atoms with Gasteiger partial charge in [0.05, 0.1) is 10.0 Å². The molecule has 2 N–H and O–H groups in total. The van der Waals surface area contributed by atoms with E-state index in [1.165, 1.54) is 6.07 Å². The predicted octanol–water partition coefficient (Wildman–Crippen LogP) is 3.28. The van der Waals surface area contributed by atoms with Gasteiger partial charge in [0, 0.05) is 10.6 Å². The monoisotopic (exact) mass is 239 g/mol. The normalized spacial score (nSPS) is 9.92. The minimum absolute atomic E-state index is 0.185. The van der Waals surface area contributed by atoms with Crippen LogP contribution >= 0.6 is 47.0 Å². The van der Waals surface area contributed by atoms with E-state index in [2.05, 4.69) is 0 Å². The molecule has 1 aromatic carbocycles. The van der Waals surface area contributed by atoms with Crippen molar-refractivity contribution in [3.63, 3.8) is 0 Å². The molecule has 0 aromatic heterocycles. The molecule has 0 amide bonds. The Morgan fingerprint density at radius 2 is 1.83 bits per heavy atom. The summed E-state index contributed by atoms with van der Waals surface area (Å²) < 4.78 is 0. The van der Waals surface area contributed by atoms with E-state index in [-0.39, 0.29) is 4.99 Å². The first kappa shape index (κ1) is 10.1. The summed E-state index contributed by atoms with van der Waals surface area (Å²) in [5.41, 5.74) is 5.89. The van der Waals surface area contributed by atoms with Gasteiger partial charge in [0.25, 0.3) is 0 Å². The van der Waals surface area contributed by atoms with Crippen LogP contribution in [0.1, 0.15) is 5.56 Å². The van der Waals surface area contributed by atoms with Gasteiger partial charge in [-0.2, -0.15) is 0 Å². The summed E-state index contributed by atoms with van der Waals surface area (Å²) in [4.78, 5) is 0.185. The average molecular weight is 241 g/mol. The smallest absolute Gasteiger partial charge is 0.105 e. The van der Waals surface area contributed by atoms with E-state index in [0.29, 0.717) is 20.6 Å². The Bertz CT molecular complexity index is 338. The Hall–Kier alpha value is -0.0200. The second-order valence-corrected chi connectivity index (χ2v) is 3.77. The van der Waals surface area contributed by atoms with Crippen molar-refractivity contribution in [2.24, 2.45) is 5.73 Å². The summed E-state index contributed by atoms with van der Waals surface area (Å²) in [6.07, 6.45) is 0. The molecule has 0 spiro atoms. The molecule has 0 heterocycles. The van der Waals surface area contributed by atoms with Crippen LogP contribution in [0, 0.1) is 0 Å². The first-order valence-electron chi connectivity index (χ1n) is 2.96. The number of nitrogens with two attached hydrogens (primary N) is 1. The topological polar surface area (TPSA) is 26.0 Å². The summed E-state index contributed by atoms with van der Waals surface area (Å²) in [5.74, 6) is 0. The van der Waals surface area contributed by atoms with Crippen LogP contribution in [-0.2, 0) is 0 Å². The molecule has 1 rings (SSSR count). The Kier molecular flexibility index (Phi) is 3.18. The molecule has 12 heavy (non-hydrogen) atoms. The van der Waals surface area contributed by atoms with E-state index < -0.39 is 0 Å². The fourth-order valence-corrected chi connectivity index (χ4v) is 1.66. The van der Waals surface area contributed by atoms with Crippen LogP contribution in [0.25, 0.3) is 0 Å². The summed E-state index contributed by atoms with van der Waals surface area (Å²) in [5, 5.41) is 1.16. The molecule has 0 saturated carbocycles. The van der Waals surface area contributed by atoms with Crippen LogP contribution in [0.15, 0.2) is 12.1 Å². The highest BCUT2D eigenvalue weighted by molar-refractivity contribution is 7.80. The highest BCUT2D eigenvalue weighted by atomic mass is 35.5. The molecule has 0 unspecified atom stereocenters. The highest BCUT2D eigenvalue weighted by Gasteiger charge is 2.08. The first-order valence-corrected chi connectivity index (χ1v) is 4.51. The lowest BCUT2D eigenvalue weighted by Gasteiger charge is -2.03. The maximum Gasteiger partial charge on any atom is 0.105 e. The Balaban J connectivity index is 3.37. The van der Waals surface area contributed by atoms with Crippen molar-refractivity contribution in [2.45, 2.75) is 0 Å². The van der Waals surface area contributed by atoms with Gasteiger partial charge in [-0.05, 0) is 12.1 Å². The van der Waals surface area contributed by atoms with Gasteiger partial charge in [0.2, 0.25) is 0 Å². The lowest BCUT2D eigenvalue weighted by molar-refractivity contribution is 1.62. The zero-order valence-electron chi connectivity index (χ0n) is 5.77. The lowest BCUT2D eigenvalue weighted by atomic mass is 10.2. The SMILES string of the molecule is NC(=S)c1cc(Cl)cc(Cl)c1Cl. The van der Waals surface area contributed by atoms with Crippen LogP contribution in [-0.4, -0.2) is 4.99 Å². The fraction of sp³-hybridized carbons (Fsp3) is 0. The Morgan fingerprint density at radius 1 is 1.25 bits per heavy atom. The van der Waals surface area contributed by atoms with Gasteiger partial charge >= 0.3 is 0 Å². The predicted molar refractivity (Wildman–Crippen MR) is 57.4 cm³/mol. The molecule has 0 bridgehead atoms. The number of halogens is 3. The molecule has 0 aliphatic carbocycles. The summed E-state index contributed by atoms with van der Waals surface area (Å²) >= 11 is 22.0. The van der Waals surface area contributed by atoms with Gasteiger partial charge in [-0.25, -0.2) is 0 Å². The van der Waals surface area contributed by atoms with Crippen LogP contribution in [0.4, 0.5) is 0 Å². The number of thiocarbonyl (C=S) groups is 1. The van der Waals surface area contributed by atoms with Crippen molar-refractivity contribution in [1.82, 2.24) is 0 Å². The molecule has 0 aliphatic rings. The second kappa shape index (κ2) is 3.79. The minimum Gasteiger partial charge on any atom is -0.389 e. The van der Waals surface area contributed by atoms with Crippen molar-refractivity contribution in [1.29, 1.82) is 0 Å². The summed E-state index contributed by atoms with van der Waals surface area (Å²) in [6, 6.07) is 3.12. The van der Waals surface area contributed by atoms with E-state index in [0.717, 1.165) is 0 Å². The number of rotatable bonds is 1. The second-order valence-electron chi connectivity index (χ2n) is 2.11. The third-order valence-electron chi connectivity index (χ3n) is 1.26. The van der Waals surface area contributed by atoms with Crippen molar-refractivity contribution in [3.8, 4) is 0 Å². The van der Waals surface area contributed by atoms with Gasteiger partial charge < -0.3 is 5.73 Å². The maximum atomic E-state index is 5.80. The molecule has 1 aromatic rings. The summed E-state index contributed by atoms with van der Waals surface area (Å²) in [7, 11) is 0. The molecule has 0 radical (unpaired) electrons. The number of hydrogen-bond acceptors (Lipinski definition) is 1. The number of hydrogen-bond donors (Lipinski definition) is 1. The molecule has 0 fully saturated rings. The molecule has 1 nitrogen and oxygen atoms in total. The van der Waals surface area contributed by atoms with Gasteiger partial charge in [0.15, 0.2) is 0 Å². The first-order chi connectivity index (χ1) is 5.52. The largest absolute Gasteiger partial charge is 0.389 e. The van der Waals surface area contributed by atoms with Crippen molar-refractivity contribution < 1.29 is 0 Å². The molecule has 64 valence electrons. The maximum absolute atomic E-state index is 5.80. The minimum atomic E-state index is 0.185. The fourth-order valence-electron chi connectivity index (χ4n) is 0.735. The average Bonchev–Trinajstić information content (AvgIpc) is 1.96. The van der Waals surface area contributed by atoms with E-state index in [4.69, 9.17) is 52.8 Å². The van der Waals surface area contributed by atoms with Crippen molar-refractivity contribution >= 4 is 52.0 Å². The quantitative estimate of drug-likeness (QED) is 0.602. The van der Waals surface area contributed by atoms with Gasteiger partial charge in [-0.15, -0.1) is 0 Å². The third-order valence-corrected chi connectivity index (χ3v) is 2.50. The third kappa shape index (κ3) is 2.02. The van der Waals surface area contributed by atoms with E-state index in [1.807, 2.05) is 0 Å². The molecule has 5 heteroatoms. The van der Waals surface area contributed by atoms with Gasteiger partial charge in [-0.1, -0.05) is 47.0 Å². The van der Waals surface area contributed by atoms with E-state index >= 15 is 0 Å². The molecule has 0 aliphatic heterocycles. The van der Waals surface area contributed by atoms with Crippen LogP contribution in [0.2, 0.25) is 15.1 Å². The molecule has 0 saturated heterocycles. The van der Waals surface area contributed by atoms with Gasteiger partial charge in [-0.3, -0.25) is 0 Å². The number of benzene rings is 1. The molecule has 0 atom stereocenters. The Labute approximate surface area is 90.4 Å². The van der Waals surface area contributed by atoms with Crippen LogP contribution in [0.3, 0.4) is 0 Å². The Morgan fingerprint density at radius 3 is 2.33 bits per heavy atom. The van der Waals surface area contributed by atoms with E-state index in [1.54, 1.807) is 6.07 Å². The van der Waals surface area contributed by atoms with Crippen LogP contribution in [0.5, 0.6) is 0 Å². The standard InChI is InChI=1S/C7H4Cl3NS/c8-3-1-4(7(11)12)6(10)5(9)2-3/h1-2H,(H2,11,12). The zero-order chi connectivity index (χ0) is 9.30. The van der Waals surface area contributed by atoms with Crippen molar-refractivity contribution in [3.05, 3.63) is 32.8 Å². The zero-order valence-corrected chi connectivity index (χ0v) is 8.86. The summed E-state index contributed by atoms with van der Waals surface area (Å²) in [6.45, 7) is 0. The van der Waals surface area contributed by atoms with E-state index in [9.17, 15) is 0 Å². The van der Waals surface area contributed by atoms with Crippen molar-refractivity contribution in [2.75, 3.05) is 0 Å². The molecular weight excluding hydrogens is 237 g/mol. The highest BCUT2D eigenvalue weighted by Crippen LogP contribution is 2.29. The molecular formula is C7H4Cl3NS. The lowest BCUT2D eigenvalue weighted by Crippen LogP contribution is -2.10. The van der Waals surface area contributed by atoms with Crippen LogP contribution < -0.4 is 5.73 Å².